The lowest BCUT2D eigenvalue weighted by molar-refractivity contribution is 0.232. The molecule has 3 rings (SSSR count). The van der Waals surface area contributed by atoms with Gasteiger partial charge < -0.3 is 20.1 Å². The summed E-state index contributed by atoms with van der Waals surface area (Å²) in [4.78, 5) is 12.2. The van der Waals surface area contributed by atoms with Crippen molar-refractivity contribution in [1.82, 2.24) is 5.32 Å². The third-order valence-electron chi connectivity index (χ3n) is 3.70. The molecule has 0 bridgehead atoms. The number of carbonyl (C=O) groups is 1. The highest BCUT2D eigenvalue weighted by atomic mass is 19.1. The largest absolute Gasteiger partial charge is 0.494 e. The van der Waals surface area contributed by atoms with Crippen molar-refractivity contribution >= 4 is 11.7 Å². The molecule has 1 aliphatic heterocycles. The van der Waals surface area contributed by atoms with Crippen LogP contribution in [0.15, 0.2) is 42.5 Å². The van der Waals surface area contributed by atoms with Crippen LogP contribution in [0.5, 0.6) is 11.5 Å². The van der Waals surface area contributed by atoms with Crippen LogP contribution in [0.4, 0.5) is 14.9 Å². The Morgan fingerprint density at radius 1 is 1.26 bits per heavy atom. The number of nitrogens with one attached hydrogen (secondary N) is 2. The van der Waals surface area contributed by atoms with E-state index in [4.69, 9.17) is 9.47 Å². The van der Waals surface area contributed by atoms with Gasteiger partial charge in [0.05, 0.1) is 19.8 Å². The second-order valence-corrected chi connectivity index (χ2v) is 5.14. The molecule has 2 aromatic rings. The predicted molar refractivity (Wildman–Crippen MR) is 84.4 cm³/mol. The van der Waals surface area contributed by atoms with E-state index in [1.165, 1.54) is 19.2 Å². The van der Waals surface area contributed by atoms with Crippen LogP contribution < -0.4 is 20.1 Å². The summed E-state index contributed by atoms with van der Waals surface area (Å²) in [5.74, 6) is 0.479. The van der Waals surface area contributed by atoms with Crippen LogP contribution in [-0.4, -0.2) is 19.7 Å². The van der Waals surface area contributed by atoms with Crippen molar-refractivity contribution in [1.29, 1.82) is 0 Å². The van der Waals surface area contributed by atoms with Gasteiger partial charge >= 0.3 is 6.03 Å². The molecular formula is C17H17FN2O3. The molecule has 5 nitrogen and oxygen atoms in total. The van der Waals surface area contributed by atoms with Gasteiger partial charge in [-0.1, -0.05) is 24.3 Å². The Hall–Kier alpha value is -2.76. The first-order chi connectivity index (χ1) is 11.2. The molecule has 2 aromatic carbocycles. The number of amides is 2. The molecule has 0 saturated carbocycles. The molecule has 1 atom stereocenters. The molecule has 0 fully saturated rings. The Morgan fingerprint density at radius 2 is 2.09 bits per heavy atom. The number of halogens is 1. The van der Waals surface area contributed by atoms with E-state index in [1.54, 1.807) is 6.07 Å². The van der Waals surface area contributed by atoms with Gasteiger partial charge in [-0.3, -0.25) is 0 Å². The van der Waals surface area contributed by atoms with Crippen molar-refractivity contribution in [3.05, 3.63) is 53.8 Å². The number of hydrogen-bond acceptors (Lipinski definition) is 3. The third kappa shape index (κ3) is 3.21. The molecule has 0 radical (unpaired) electrons. The number of carbonyl (C=O) groups excluding carboxylic acids is 1. The van der Waals surface area contributed by atoms with Crippen LogP contribution in [0.1, 0.15) is 18.0 Å². The highest BCUT2D eigenvalue weighted by molar-refractivity contribution is 5.91. The van der Waals surface area contributed by atoms with E-state index < -0.39 is 11.8 Å². The maximum Gasteiger partial charge on any atom is 0.319 e. The van der Waals surface area contributed by atoms with Gasteiger partial charge in [0.2, 0.25) is 0 Å². The van der Waals surface area contributed by atoms with Gasteiger partial charge in [-0.05, 0) is 18.2 Å². The standard InChI is InChI=1S/C17H17FN2O3/c1-22-15-8-4-6-12(18)16(15)20-17(21)19-13-9-10-23-14-7-3-2-5-11(13)14/h2-8,13H,9-10H2,1H3,(H2,19,20,21). The zero-order chi connectivity index (χ0) is 16.2. The normalized spacial score (nSPS) is 16.0. The van der Waals surface area contributed by atoms with Gasteiger partial charge in [0, 0.05) is 12.0 Å². The molecule has 0 aromatic heterocycles. The zero-order valence-electron chi connectivity index (χ0n) is 12.6. The Balaban J connectivity index is 1.74. The summed E-state index contributed by atoms with van der Waals surface area (Å²) in [6.45, 7) is 0.519. The topological polar surface area (TPSA) is 59.6 Å². The minimum absolute atomic E-state index is 0.0212. The molecule has 2 amide bonds. The first kappa shape index (κ1) is 15.1. The van der Waals surface area contributed by atoms with E-state index in [9.17, 15) is 9.18 Å². The summed E-state index contributed by atoms with van der Waals surface area (Å²) < 4.78 is 24.5. The van der Waals surface area contributed by atoms with Gasteiger partial charge in [0.25, 0.3) is 0 Å². The van der Waals surface area contributed by atoms with Gasteiger partial charge in [-0.2, -0.15) is 0 Å². The van der Waals surface area contributed by atoms with Crippen LogP contribution in [0.2, 0.25) is 0 Å². The van der Waals surface area contributed by atoms with E-state index in [1.807, 2.05) is 24.3 Å². The quantitative estimate of drug-likeness (QED) is 0.911. The van der Waals surface area contributed by atoms with Crippen molar-refractivity contribution in [2.75, 3.05) is 19.0 Å². The van der Waals surface area contributed by atoms with Gasteiger partial charge in [0.1, 0.15) is 17.2 Å². The molecule has 0 aliphatic carbocycles. The summed E-state index contributed by atoms with van der Waals surface area (Å²) in [7, 11) is 1.42. The van der Waals surface area contributed by atoms with Crippen molar-refractivity contribution in [2.45, 2.75) is 12.5 Å². The van der Waals surface area contributed by atoms with Gasteiger partial charge in [0.15, 0.2) is 5.82 Å². The van der Waals surface area contributed by atoms with Crippen molar-refractivity contribution in [2.24, 2.45) is 0 Å². The minimum Gasteiger partial charge on any atom is -0.494 e. The molecule has 0 saturated heterocycles. The highest BCUT2D eigenvalue weighted by Gasteiger charge is 2.23. The van der Waals surface area contributed by atoms with E-state index in [0.717, 1.165) is 11.3 Å². The molecule has 6 heteroatoms. The molecule has 120 valence electrons. The lowest BCUT2D eigenvalue weighted by atomic mass is 10.0. The number of hydrogen-bond donors (Lipinski definition) is 2. The molecule has 2 N–H and O–H groups in total. The SMILES string of the molecule is COc1cccc(F)c1NC(=O)NC1CCOc2ccccc21. The first-order valence-corrected chi connectivity index (χ1v) is 7.31. The van der Waals surface area contributed by atoms with Gasteiger partial charge in [-0.15, -0.1) is 0 Å². The number of ether oxygens (including phenoxy) is 2. The van der Waals surface area contributed by atoms with E-state index in [0.29, 0.717) is 13.0 Å². The smallest absolute Gasteiger partial charge is 0.319 e. The summed E-state index contributed by atoms with van der Waals surface area (Å²) in [5, 5.41) is 5.37. The average molecular weight is 316 g/mol. The second kappa shape index (κ2) is 6.56. The third-order valence-corrected chi connectivity index (χ3v) is 3.70. The number of fused-ring (bicyclic) bond motifs is 1. The van der Waals surface area contributed by atoms with Gasteiger partial charge in [-0.25, -0.2) is 9.18 Å². The maximum atomic E-state index is 13.9. The number of para-hydroxylation sites is 2. The number of benzene rings is 2. The maximum absolute atomic E-state index is 13.9. The number of methoxy groups -OCH3 is 1. The molecule has 0 spiro atoms. The Kier molecular flexibility index (Phi) is 4.32. The molecule has 1 aliphatic rings. The first-order valence-electron chi connectivity index (χ1n) is 7.31. The minimum atomic E-state index is -0.549. The fourth-order valence-corrected chi connectivity index (χ4v) is 2.60. The van der Waals surface area contributed by atoms with E-state index in [-0.39, 0.29) is 17.5 Å². The molecule has 1 heterocycles. The Labute approximate surface area is 133 Å². The molecule has 23 heavy (non-hydrogen) atoms. The predicted octanol–water partition coefficient (Wildman–Crippen LogP) is 3.48. The van der Waals surface area contributed by atoms with Crippen LogP contribution >= 0.6 is 0 Å². The summed E-state index contributed by atoms with van der Waals surface area (Å²) >= 11 is 0. The fraction of sp³-hybridized carbons (Fsp3) is 0.235. The fourth-order valence-electron chi connectivity index (χ4n) is 2.60. The zero-order valence-corrected chi connectivity index (χ0v) is 12.6. The lowest BCUT2D eigenvalue weighted by Gasteiger charge is -2.26. The average Bonchev–Trinajstić information content (AvgIpc) is 2.57. The summed E-state index contributed by atoms with van der Waals surface area (Å²) in [5.41, 5.74) is 0.933. The second-order valence-electron chi connectivity index (χ2n) is 5.14. The van der Waals surface area contributed by atoms with Crippen LogP contribution in [0.25, 0.3) is 0 Å². The van der Waals surface area contributed by atoms with E-state index >= 15 is 0 Å². The van der Waals surface area contributed by atoms with Crippen LogP contribution in [-0.2, 0) is 0 Å². The van der Waals surface area contributed by atoms with E-state index in [2.05, 4.69) is 10.6 Å². The molecular weight excluding hydrogens is 299 g/mol. The summed E-state index contributed by atoms with van der Waals surface area (Å²) in [6.07, 6.45) is 0.652. The monoisotopic (exact) mass is 316 g/mol. The number of urea groups is 1. The number of anilines is 1. The summed E-state index contributed by atoms with van der Waals surface area (Å²) in [6, 6.07) is 11.2. The van der Waals surface area contributed by atoms with Crippen molar-refractivity contribution in [3.63, 3.8) is 0 Å². The van der Waals surface area contributed by atoms with Crippen LogP contribution in [0, 0.1) is 5.82 Å². The van der Waals surface area contributed by atoms with Crippen LogP contribution in [0.3, 0.4) is 0 Å². The van der Waals surface area contributed by atoms with Crippen molar-refractivity contribution in [3.8, 4) is 11.5 Å². The lowest BCUT2D eigenvalue weighted by Crippen LogP contribution is -2.35. The Bertz CT molecular complexity index is 721. The Morgan fingerprint density at radius 3 is 2.91 bits per heavy atom. The molecule has 1 unspecified atom stereocenters. The highest BCUT2D eigenvalue weighted by Crippen LogP contribution is 2.32. The number of rotatable bonds is 3. The van der Waals surface area contributed by atoms with Crippen molar-refractivity contribution < 1.29 is 18.7 Å².